The first-order valence-electron chi connectivity index (χ1n) is 7.14. The predicted molar refractivity (Wildman–Crippen MR) is 82.3 cm³/mol. The van der Waals surface area contributed by atoms with Crippen LogP contribution in [0.5, 0.6) is 0 Å². The van der Waals surface area contributed by atoms with Crippen molar-refractivity contribution >= 4 is 17.5 Å². The third-order valence-electron chi connectivity index (χ3n) is 3.12. The molecule has 2 N–H and O–H groups in total. The molecule has 0 fully saturated rings. The maximum atomic E-state index is 11.6. The van der Waals surface area contributed by atoms with Gasteiger partial charge in [0.05, 0.1) is 6.54 Å². The Kier molecular flexibility index (Phi) is 6.21. The topological polar surface area (TPSA) is 70.2 Å². The maximum Gasteiger partial charge on any atom is 0.239 e. The average molecular weight is 279 g/mol. The van der Waals surface area contributed by atoms with Gasteiger partial charge in [0.2, 0.25) is 5.91 Å². The van der Waals surface area contributed by atoms with Crippen LogP contribution in [0.15, 0.2) is 0 Å². The van der Waals surface area contributed by atoms with E-state index in [1.807, 2.05) is 32.6 Å². The fraction of sp³-hybridized carbons (Fsp3) is 0.643. The molecule has 0 unspecified atom stereocenters. The van der Waals surface area contributed by atoms with E-state index in [0.717, 1.165) is 42.5 Å². The SMILES string of the molecule is CCNc1nc(CC)nc(N(CC)CC(=O)NC)c1C. The summed E-state index contributed by atoms with van der Waals surface area (Å²) < 4.78 is 0. The minimum absolute atomic E-state index is 0.0205. The van der Waals surface area contributed by atoms with E-state index in [0.29, 0.717) is 6.54 Å². The van der Waals surface area contributed by atoms with Crippen LogP contribution in [-0.4, -0.2) is 42.6 Å². The second kappa shape index (κ2) is 7.67. The number of amides is 1. The molecule has 20 heavy (non-hydrogen) atoms. The summed E-state index contributed by atoms with van der Waals surface area (Å²) in [5, 5.41) is 5.91. The zero-order valence-electron chi connectivity index (χ0n) is 13.1. The van der Waals surface area contributed by atoms with Gasteiger partial charge in [0.15, 0.2) is 0 Å². The Morgan fingerprint density at radius 1 is 1.25 bits per heavy atom. The summed E-state index contributed by atoms with van der Waals surface area (Å²) >= 11 is 0. The minimum Gasteiger partial charge on any atom is -0.370 e. The Morgan fingerprint density at radius 3 is 2.45 bits per heavy atom. The van der Waals surface area contributed by atoms with Crippen LogP contribution in [0.2, 0.25) is 0 Å². The molecule has 1 aromatic rings. The van der Waals surface area contributed by atoms with Crippen molar-refractivity contribution in [3.63, 3.8) is 0 Å². The van der Waals surface area contributed by atoms with Crippen LogP contribution in [-0.2, 0) is 11.2 Å². The van der Waals surface area contributed by atoms with Gasteiger partial charge in [-0.25, -0.2) is 9.97 Å². The van der Waals surface area contributed by atoms with Crippen molar-refractivity contribution in [1.82, 2.24) is 15.3 Å². The highest BCUT2D eigenvalue weighted by molar-refractivity contribution is 5.81. The highest BCUT2D eigenvalue weighted by atomic mass is 16.1. The number of carbonyl (C=O) groups excluding carboxylic acids is 1. The van der Waals surface area contributed by atoms with E-state index in [1.54, 1.807) is 7.05 Å². The summed E-state index contributed by atoms with van der Waals surface area (Å²) in [5.41, 5.74) is 0.981. The molecule has 0 aliphatic heterocycles. The van der Waals surface area contributed by atoms with Crippen LogP contribution >= 0.6 is 0 Å². The molecule has 112 valence electrons. The van der Waals surface area contributed by atoms with Gasteiger partial charge in [-0.2, -0.15) is 0 Å². The number of hydrogen-bond donors (Lipinski definition) is 2. The summed E-state index contributed by atoms with van der Waals surface area (Å²) in [6.07, 6.45) is 0.767. The van der Waals surface area contributed by atoms with Crippen molar-refractivity contribution in [1.29, 1.82) is 0 Å². The highest BCUT2D eigenvalue weighted by Gasteiger charge is 2.17. The van der Waals surface area contributed by atoms with E-state index in [-0.39, 0.29) is 5.91 Å². The second-order valence-corrected chi connectivity index (χ2v) is 4.51. The Bertz CT molecular complexity index is 461. The Hall–Kier alpha value is -1.85. The van der Waals surface area contributed by atoms with Crippen molar-refractivity contribution in [2.75, 3.05) is 36.9 Å². The van der Waals surface area contributed by atoms with Gasteiger partial charge in [0, 0.05) is 32.1 Å². The molecule has 0 bridgehead atoms. The standard InChI is InChI=1S/C14H25N5O/c1-6-11-17-13(16-7-2)10(4)14(18-11)19(8-3)9-12(20)15-5/h6-9H2,1-5H3,(H,15,20)(H,16,17,18). The summed E-state index contributed by atoms with van der Waals surface area (Å²) in [7, 11) is 1.64. The number of nitrogens with one attached hydrogen (secondary N) is 2. The zero-order chi connectivity index (χ0) is 15.1. The van der Waals surface area contributed by atoms with E-state index < -0.39 is 0 Å². The predicted octanol–water partition coefficient (Wildman–Crippen LogP) is 1.35. The van der Waals surface area contributed by atoms with Gasteiger partial charge >= 0.3 is 0 Å². The van der Waals surface area contributed by atoms with E-state index in [2.05, 4.69) is 20.6 Å². The molecule has 0 saturated carbocycles. The summed E-state index contributed by atoms with van der Waals surface area (Å²) in [6, 6.07) is 0. The van der Waals surface area contributed by atoms with Gasteiger partial charge in [0.25, 0.3) is 0 Å². The van der Waals surface area contributed by atoms with Crippen molar-refractivity contribution in [3.05, 3.63) is 11.4 Å². The number of hydrogen-bond acceptors (Lipinski definition) is 5. The smallest absolute Gasteiger partial charge is 0.239 e. The van der Waals surface area contributed by atoms with E-state index in [9.17, 15) is 4.79 Å². The lowest BCUT2D eigenvalue weighted by molar-refractivity contribution is -0.119. The second-order valence-electron chi connectivity index (χ2n) is 4.51. The van der Waals surface area contributed by atoms with Gasteiger partial charge in [-0.15, -0.1) is 0 Å². The molecule has 0 aliphatic carbocycles. The summed E-state index contributed by atoms with van der Waals surface area (Å²) in [5.74, 6) is 2.45. The molecule has 0 atom stereocenters. The third-order valence-corrected chi connectivity index (χ3v) is 3.12. The number of aromatic nitrogens is 2. The molecule has 6 heteroatoms. The third kappa shape index (κ3) is 3.82. The zero-order valence-corrected chi connectivity index (χ0v) is 13.1. The van der Waals surface area contributed by atoms with Crippen LogP contribution in [0.3, 0.4) is 0 Å². The molecule has 0 aliphatic rings. The number of likely N-dealkylation sites (N-methyl/N-ethyl adjacent to an activating group) is 2. The first-order chi connectivity index (χ1) is 9.57. The van der Waals surface area contributed by atoms with Crippen LogP contribution in [0.25, 0.3) is 0 Å². The number of nitrogens with zero attached hydrogens (tertiary/aromatic N) is 3. The molecule has 6 nitrogen and oxygen atoms in total. The van der Waals surface area contributed by atoms with Crippen LogP contribution in [0, 0.1) is 6.92 Å². The van der Waals surface area contributed by atoms with Crippen molar-refractivity contribution < 1.29 is 4.79 Å². The Morgan fingerprint density at radius 2 is 1.95 bits per heavy atom. The van der Waals surface area contributed by atoms with E-state index in [4.69, 9.17) is 0 Å². The van der Waals surface area contributed by atoms with E-state index >= 15 is 0 Å². The molecule has 1 rings (SSSR count). The first kappa shape index (κ1) is 16.2. The molecule has 1 heterocycles. The lowest BCUT2D eigenvalue weighted by atomic mass is 10.2. The number of aryl methyl sites for hydroxylation is 1. The van der Waals surface area contributed by atoms with Gasteiger partial charge < -0.3 is 15.5 Å². The normalized spacial score (nSPS) is 10.2. The van der Waals surface area contributed by atoms with Crippen molar-refractivity contribution in [2.45, 2.75) is 34.1 Å². The number of carbonyl (C=O) groups is 1. The first-order valence-corrected chi connectivity index (χ1v) is 7.14. The Labute approximate surface area is 121 Å². The molecule has 0 spiro atoms. The van der Waals surface area contributed by atoms with Gasteiger partial charge in [-0.3, -0.25) is 4.79 Å². The van der Waals surface area contributed by atoms with Crippen LogP contribution < -0.4 is 15.5 Å². The molecule has 0 saturated heterocycles. The Balaban J connectivity index is 3.18. The van der Waals surface area contributed by atoms with Crippen LogP contribution in [0.1, 0.15) is 32.2 Å². The van der Waals surface area contributed by atoms with E-state index in [1.165, 1.54) is 0 Å². The fourth-order valence-electron chi connectivity index (χ4n) is 1.94. The largest absolute Gasteiger partial charge is 0.370 e. The molecule has 1 amide bonds. The highest BCUT2D eigenvalue weighted by Crippen LogP contribution is 2.23. The van der Waals surface area contributed by atoms with Crippen molar-refractivity contribution in [2.24, 2.45) is 0 Å². The average Bonchev–Trinajstić information content (AvgIpc) is 2.47. The molecule has 0 aromatic carbocycles. The van der Waals surface area contributed by atoms with Gasteiger partial charge in [0.1, 0.15) is 17.5 Å². The minimum atomic E-state index is -0.0205. The molecule has 1 aromatic heterocycles. The van der Waals surface area contributed by atoms with Crippen LogP contribution in [0.4, 0.5) is 11.6 Å². The molecular weight excluding hydrogens is 254 g/mol. The lowest BCUT2D eigenvalue weighted by Crippen LogP contribution is -2.36. The van der Waals surface area contributed by atoms with Crippen molar-refractivity contribution in [3.8, 4) is 0 Å². The number of rotatable bonds is 7. The fourth-order valence-corrected chi connectivity index (χ4v) is 1.94. The maximum absolute atomic E-state index is 11.6. The molecule has 0 radical (unpaired) electrons. The lowest BCUT2D eigenvalue weighted by Gasteiger charge is -2.24. The monoisotopic (exact) mass is 279 g/mol. The van der Waals surface area contributed by atoms with Gasteiger partial charge in [-0.1, -0.05) is 6.92 Å². The number of anilines is 2. The quantitative estimate of drug-likeness (QED) is 0.788. The summed E-state index contributed by atoms with van der Waals surface area (Å²) in [4.78, 5) is 22.7. The van der Waals surface area contributed by atoms with Gasteiger partial charge in [-0.05, 0) is 20.8 Å². The molecular formula is C14H25N5O. The summed E-state index contributed by atoms with van der Waals surface area (Å²) in [6.45, 7) is 9.90.